The molecule has 0 aliphatic carbocycles. The maximum Gasteiger partial charge on any atom is 0.338 e. The fourth-order valence-corrected chi connectivity index (χ4v) is 4.34. The molecule has 1 heterocycles. The number of sulfonamides is 1. The third-order valence-corrected chi connectivity index (χ3v) is 5.71. The molecule has 1 aromatic carbocycles. The van der Waals surface area contributed by atoms with Crippen LogP contribution in [0.3, 0.4) is 0 Å². The molecule has 1 aliphatic heterocycles. The minimum Gasteiger partial charge on any atom is -0.465 e. The molecule has 1 aliphatic rings. The minimum absolute atomic E-state index is 0.104. The van der Waals surface area contributed by atoms with Crippen LogP contribution in [0.15, 0.2) is 23.1 Å². The van der Waals surface area contributed by atoms with Gasteiger partial charge in [-0.1, -0.05) is 13.0 Å². The number of piperidine rings is 1. The zero-order valence-corrected chi connectivity index (χ0v) is 13.9. The zero-order valence-electron chi connectivity index (χ0n) is 13.0. The molecule has 2 N–H and O–H groups in total. The van der Waals surface area contributed by atoms with Gasteiger partial charge in [0, 0.05) is 6.04 Å². The first-order valence-corrected chi connectivity index (χ1v) is 8.76. The summed E-state index contributed by atoms with van der Waals surface area (Å²) in [5.74, 6) is -0.322. The minimum atomic E-state index is -3.67. The number of ether oxygens (including phenoxy) is 1. The van der Waals surface area contributed by atoms with E-state index < -0.39 is 16.0 Å². The first-order chi connectivity index (χ1) is 10.4. The predicted molar refractivity (Wildman–Crippen MR) is 83.3 cm³/mol. The molecule has 7 heteroatoms. The van der Waals surface area contributed by atoms with Crippen molar-refractivity contribution in [3.05, 3.63) is 29.3 Å². The number of carbonyl (C=O) groups excluding carboxylic acids is 1. The summed E-state index contributed by atoms with van der Waals surface area (Å²) in [5.41, 5.74) is 0.673. The van der Waals surface area contributed by atoms with Crippen molar-refractivity contribution in [1.29, 1.82) is 0 Å². The topological polar surface area (TPSA) is 84.5 Å². The molecule has 0 radical (unpaired) electrons. The predicted octanol–water partition coefficient (Wildman–Crippen LogP) is 1.06. The van der Waals surface area contributed by atoms with E-state index >= 15 is 0 Å². The summed E-state index contributed by atoms with van der Waals surface area (Å²) in [6.45, 7) is 5.21. The molecule has 22 heavy (non-hydrogen) atoms. The van der Waals surface area contributed by atoms with Gasteiger partial charge in [-0.3, -0.25) is 0 Å². The molecule has 2 rings (SSSR count). The van der Waals surface area contributed by atoms with Crippen LogP contribution in [0.4, 0.5) is 0 Å². The lowest BCUT2D eigenvalue weighted by molar-refractivity contribution is 0.0599. The molecule has 0 bridgehead atoms. The Balaban J connectivity index is 2.31. The van der Waals surface area contributed by atoms with Crippen LogP contribution in [0.5, 0.6) is 0 Å². The molecule has 1 saturated heterocycles. The first-order valence-electron chi connectivity index (χ1n) is 7.28. The van der Waals surface area contributed by atoms with Crippen LogP contribution in [0.2, 0.25) is 0 Å². The second kappa shape index (κ2) is 6.76. The summed E-state index contributed by atoms with van der Waals surface area (Å²) in [7, 11) is -2.40. The second-order valence-electron chi connectivity index (χ2n) is 5.62. The van der Waals surface area contributed by atoms with Gasteiger partial charge in [-0.25, -0.2) is 17.9 Å². The second-order valence-corrected chi connectivity index (χ2v) is 7.30. The standard InChI is InChI=1S/C15H22N2O4S/c1-10-9-16-8-7-13(10)17-22(19,20)14-6-4-5-12(11(14)2)15(18)21-3/h4-6,10,13,16-17H,7-9H2,1-3H3. The highest BCUT2D eigenvalue weighted by Crippen LogP contribution is 2.21. The summed E-state index contributed by atoms with van der Waals surface area (Å²) >= 11 is 0. The number of nitrogens with one attached hydrogen (secondary N) is 2. The Morgan fingerprint density at radius 1 is 1.41 bits per heavy atom. The molecule has 0 saturated carbocycles. The number of carbonyl (C=O) groups is 1. The van der Waals surface area contributed by atoms with Gasteiger partial charge < -0.3 is 10.1 Å². The highest BCUT2D eigenvalue weighted by atomic mass is 32.2. The van der Waals surface area contributed by atoms with Crippen molar-refractivity contribution in [2.75, 3.05) is 20.2 Å². The average Bonchev–Trinajstić information content (AvgIpc) is 2.48. The van der Waals surface area contributed by atoms with Crippen molar-refractivity contribution in [3.8, 4) is 0 Å². The van der Waals surface area contributed by atoms with E-state index in [-0.39, 0.29) is 22.4 Å². The Kier molecular flexibility index (Phi) is 5.20. The van der Waals surface area contributed by atoms with Gasteiger partial charge in [0.2, 0.25) is 10.0 Å². The van der Waals surface area contributed by atoms with E-state index in [0.717, 1.165) is 19.5 Å². The summed E-state index contributed by atoms with van der Waals surface area (Å²) in [4.78, 5) is 11.8. The molecule has 1 fully saturated rings. The van der Waals surface area contributed by atoms with Gasteiger partial charge >= 0.3 is 5.97 Å². The third kappa shape index (κ3) is 3.48. The van der Waals surface area contributed by atoms with Gasteiger partial charge in [0.15, 0.2) is 0 Å². The van der Waals surface area contributed by atoms with Gasteiger partial charge in [-0.05, 0) is 50.0 Å². The van der Waals surface area contributed by atoms with Gasteiger partial charge in [-0.15, -0.1) is 0 Å². The largest absolute Gasteiger partial charge is 0.465 e. The fourth-order valence-electron chi connectivity index (χ4n) is 2.69. The van der Waals surface area contributed by atoms with Crippen LogP contribution >= 0.6 is 0 Å². The Labute approximate surface area is 131 Å². The van der Waals surface area contributed by atoms with E-state index in [1.165, 1.54) is 13.2 Å². The normalized spacial score (nSPS) is 22.3. The lowest BCUT2D eigenvalue weighted by Gasteiger charge is -2.30. The molecule has 2 atom stereocenters. The van der Waals surface area contributed by atoms with E-state index in [4.69, 9.17) is 0 Å². The van der Waals surface area contributed by atoms with Gasteiger partial charge in [0.1, 0.15) is 0 Å². The SMILES string of the molecule is COC(=O)c1cccc(S(=O)(=O)NC2CCNCC2C)c1C. The van der Waals surface area contributed by atoms with Crippen molar-refractivity contribution in [1.82, 2.24) is 10.0 Å². The van der Waals surface area contributed by atoms with Crippen LogP contribution in [-0.4, -0.2) is 40.6 Å². The van der Waals surface area contributed by atoms with E-state index in [2.05, 4.69) is 14.8 Å². The Morgan fingerprint density at radius 3 is 2.77 bits per heavy atom. The Bertz CT molecular complexity index is 658. The summed E-state index contributed by atoms with van der Waals surface area (Å²) in [5, 5.41) is 3.24. The zero-order chi connectivity index (χ0) is 16.3. The molecular weight excluding hydrogens is 304 g/mol. The van der Waals surface area contributed by atoms with E-state index in [9.17, 15) is 13.2 Å². The molecule has 122 valence electrons. The maximum atomic E-state index is 12.6. The smallest absolute Gasteiger partial charge is 0.338 e. The quantitative estimate of drug-likeness (QED) is 0.808. The molecule has 0 spiro atoms. The van der Waals surface area contributed by atoms with Gasteiger partial charge in [-0.2, -0.15) is 0 Å². The number of methoxy groups -OCH3 is 1. The van der Waals surface area contributed by atoms with Crippen LogP contribution in [0, 0.1) is 12.8 Å². The number of hydrogen-bond donors (Lipinski definition) is 2. The number of hydrogen-bond acceptors (Lipinski definition) is 5. The number of benzene rings is 1. The molecule has 0 amide bonds. The third-order valence-electron chi connectivity index (χ3n) is 4.07. The van der Waals surface area contributed by atoms with Crippen molar-refractivity contribution in [2.45, 2.75) is 31.2 Å². The summed E-state index contributed by atoms with van der Waals surface area (Å²) < 4.78 is 32.7. The summed E-state index contributed by atoms with van der Waals surface area (Å²) in [6.07, 6.45) is 0.746. The van der Waals surface area contributed by atoms with Crippen LogP contribution in [0.1, 0.15) is 29.3 Å². The Morgan fingerprint density at radius 2 is 2.14 bits per heavy atom. The van der Waals surface area contributed by atoms with E-state index in [1.807, 2.05) is 6.92 Å². The maximum absolute atomic E-state index is 12.6. The Hall–Kier alpha value is -1.44. The molecule has 6 nitrogen and oxygen atoms in total. The average molecular weight is 326 g/mol. The van der Waals surface area contributed by atoms with Crippen LogP contribution < -0.4 is 10.0 Å². The first kappa shape index (κ1) is 16.9. The monoisotopic (exact) mass is 326 g/mol. The van der Waals surface area contributed by atoms with E-state index in [0.29, 0.717) is 5.56 Å². The van der Waals surface area contributed by atoms with Crippen LogP contribution in [-0.2, 0) is 14.8 Å². The lowest BCUT2D eigenvalue weighted by atomic mass is 9.97. The molecular formula is C15H22N2O4S. The number of rotatable bonds is 4. The lowest BCUT2D eigenvalue weighted by Crippen LogP contribution is -2.48. The van der Waals surface area contributed by atoms with Crippen molar-refractivity contribution in [3.63, 3.8) is 0 Å². The highest BCUT2D eigenvalue weighted by Gasteiger charge is 2.28. The summed E-state index contributed by atoms with van der Waals surface area (Å²) in [6, 6.07) is 4.52. The van der Waals surface area contributed by atoms with Gasteiger partial charge in [0.25, 0.3) is 0 Å². The van der Waals surface area contributed by atoms with Gasteiger partial charge in [0.05, 0.1) is 17.6 Å². The van der Waals surface area contributed by atoms with Crippen molar-refractivity contribution < 1.29 is 17.9 Å². The van der Waals surface area contributed by atoms with Crippen LogP contribution in [0.25, 0.3) is 0 Å². The van der Waals surface area contributed by atoms with E-state index in [1.54, 1.807) is 19.1 Å². The fraction of sp³-hybridized carbons (Fsp3) is 0.533. The molecule has 0 aromatic heterocycles. The number of esters is 1. The highest BCUT2D eigenvalue weighted by molar-refractivity contribution is 7.89. The molecule has 1 aromatic rings. The van der Waals surface area contributed by atoms with Crippen molar-refractivity contribution >= 4 is 16.0 Å². The van der Waals surface area contributed by atoms with Crippen molar-refractivity contribution in [2.24, 2.45) is 5.92 Å². The molecule has 2 unspecified atom stereocenters.